The van der Waals surface area contributed by atoms with E-state index in [2.05, 4.69) is 5.32 Å². The predicted molar refractivity (Wildman–Crippen MR) is 83.5 cm³/mol. The maximum absolute atomic E-state index is 12.4. The summed E-state index contributed by atoms with van der Waals surface area (Å²) in [5.74, 6) is -1.35. The molecule has 1 aliphatic heterocycles. The average molecular weight is 354 g/mol. The minimum absolute atomic E-state index is 0.214. The molecular weight excluding hydrogens is 337 g/mol. The highest BCUT2D eigenvalue weighted by atomic mass is 19.4. The quantitative estimate of drug-likeness (QED) is 0.918. The first-order valence-corrected chi connectivity index (χ1v) is 7.86. The fourth-order valence-corrected chi connectivity index (χ4v) is 2.94. The number of amides is 2. The van der Waals surface area contributed by atoms with Crippen molar-refractivity contribution in [3.63, 3.8) is 0 Å². The minimum atomic E-state index is -4.47. The van der Waals surface area contributed by atoms with Crippen LogP contribution in [0.3, 0.4) is 0 Å². The number of furan rings is 1. The van der Waals surface area contributed by atoms with Crippen molar-refractivity contribution in [3.8, 4) is 0 Å². The van der Waals surface area contributed by atoms with Crippen LogP contribution in [0.2, 0.25) is 0 Å². The Labute approximate surface area is 141 Å². The van der Waals surface area contributed by atoms with Gasteiger partial charge in [0, 0.05) is 18.4 Å². The van der Waals surface area contributed by atoms with Gasteiger partial charge in [-0.25, -0.2) is 0 Å². The molecule has 2 heterocycles. The third kappa shape index (κ3) is 3.94. The van der Waals surface area contributed by atoms with E-state index in [0.29, 0.717) is 16.2 Å². The molecule has 3 rings (SSSR count). The molecular formula is C17H17F3N2O3. The minimum Gasteiger partial charge on any atom is -0.459 e. The number of para-hydroxylation sites is 1. The highest BCUT2D eigenvalue weighted by molar-refractivity contribution is 5.89. The van der Waals surface area contributed by atoms with Gasteiger partial charge < -0.3 is 14.6 Å². The third-order valence-electron chi connectivity index (χ3n) is 4.19. The van der Waals surface area contributed by atoms with Crippen molar-refractivity contribution in [1.29, 1.82) is 0 Å². The summed E-state index contributed by atoms with van der Waals surface area (Å²) in [4.78, 5) is 24.6. The van der Waals surface area contributed by atoms with E-state index in [-0.39, 0.29) is 13.0 Å². The van der Waals surface area contributed by atoms with Gasteiger partial charge in [0.15, 0.2) is 0 Å². The van der Waals surface area contributed by atoms with Crippen molar-refractivity contribution in [2.24, 2.45) is 5.92 Å². The number of rotatable bonds is 4. The number of likely N-dealkylation sites (tertiary alicyclic amines) is 1. The zero-order valence-corrected chi connectivity index (χ0v) is 13.5. The lowest BCUT2D eigenvalue weighted by Crippen LogP contribution is -2.37. The fourth-order valence-electron chi connectivity index (χ4n) is 2.94. The van der Waals surface area contributed by atoms with Gasteiger partial charge in [0.1, 0.15) is 17.9 Å². The van der Waals surface area contributed by atoms with Crippen molar-refractivity contribution in [2.45, 2.75) is 25.6 Å². The Kier molecular flexibility index (Phi) is 4.45. The summed E-state index contributed by atoms with van der Waals surface area (Å²) >= 11 is 0. The molecule has 0 aliphatic carbocycles. The zero-order valence-electron chi connectivity index (χ0n) is 13.5. The number of hydrogen-bond donors (Lipinski definition) is 1. The summed E-state index contributed by atoms with van der Waals surface area (Å²) in [5, 5.41) is 3.60. The monoisotopic (exact) mass is 354 g/mol. The molecule has 0 spiro atoms. The molecule has 1 fully saturated rings. The predicted octanol–water partition coefficient (Wildman–Crippen LogP) is 3.02. The van der Waals surface area contributed by atoms with Crippen molar-refractivity contribution in [3.05, 3.63) is 36.1 Å². The molecule has 0 saturated carbocycles. The number of hydrogen-bond acceptors (Lipinski definition) is 3. The van der Waals surface area contributed by atoms with E-state index in [9.17, 15) is 22.8 Å². The number of alkyl halides is 3. The lowest BCUT2D eigenvalue weighted by Gasteiger charge is -2.19. The number of carbonyl (C=O) groups excluding carboxylic acids is 2. The van der Waals surface area contributed by atoms with Gasteiger partial charge in [0.2, 0.25) is 11.8 Å². The second-order valence-electron chi connectivity index (χ2n) is 6.21. The highest BCUT2D eigenvalue weighted by Crippen LogP contribution is 2.26. The van der Waals surface area contributed by atoms with Gasteiger partial charge in [-0.2, -0.15) is 13.2 Å². The molecule has 2 aromatic rings. The molecule has 1 saturated heterocycles. The van der Waals surface area contributed by atoms with Crippen LogP contribution < -0.4 is 5.32 Å². The van der Waals surface area contributed by atoms with Crippen molar-refractivity contribution < 1.29 is 27.2 Å². The molecule has 25 heavy (non-hydrogen) atoms. The van der Waals surface area contributed by atoms with Crippen LogP contribution in [0.4, 0.5) is 13.2 Å². The lowest BCUT2D eigenvalue weighted by molar-refractivity contribution is -0.157. The molecule has 5 nitrogen and oxygen atoms in total. The maximum atomic E-state index is 12.4. The van der Waals surface area contributed by atoms with E-state index >= 15 is 0 Å². The maximum Gasteiger partial charge on any atom is 0.406 e. The molecule has 8 heteroatoms. The Morgan fingerprint density at radius 1 is 1.40 bits per heavy atom. The van der Waals surface area contributed by atoms with Crippen molar-refractivity contribution >= 4 is 22.8 Å². The van der Waals surface area contributed by atoms with E-state index in [1.165, 1.54) is 0 Å². The second-order valence-corrected chi connectivity index (χ2v) is 6.21. The van der Waals surface area contributed by atoms with Crippen LogP contribution in [0, 0.1) is 5.92 Å². The first kappa shape index (κ1) is 17.3. The van der Waals surface area contributed by atoms with Gasteiger partial charge in [-0.05, 0) is 19.1 Å². The van der Waals surface area contributed by atoms with Crippen LogP contribution in [0.1, 0.15) is 25.1 Å². The van der Waals surface area contributed by atoms with Crippen molar-refractivity contribution in [2.75, 3.05) is 13.1 Å². The average Bonchev–Trinajstić information content (AvgIpc) is 3.10. The van der Waals surface area contributed by atoms with Crippen molar-refractivity contribution in [1.82, 2.24) is 10.2 Å². The first-order chi connectivity index (χ1) is 11.7. The van der Waals surface area contributed by atoms with E-state index in [0.717, 1.165) is 5.39 Å². The molecule has 0 unspecified atom stereocenters. The number of carbonyl (C=O) groups is 2. The number of fused-ring (bicyclic) bond motifs is 1. The molecule has 1 aromatic heterocycles. The smallest absolute Gasteiger partial charge is 0.406 e. The van der Waals surface area contributed by atoms with Gasteiger partial charge >= 0.3 is 6.18 Å². The third-order valence-corrected chi connectivity index (χ3v) is 4.19. The molecule has 1 aliphatic rings. The summed E-state index contributed by atoms with van der Waals surface area (Å²) in [6, 6.07) is 8.73. The second kappa shape index (κ2) is 6.42. The van der Waals surface area contributed by atoms with Crippen LogP contribution in [-0.2, 0) is 9.59 Å². The molecule has 134 valence electrons. The Morgan fingerprint density at radius 2 is 2.12 bits per heavy atom. The van der Waals surface area contributed by atoms with E-state index in [1.807, 2.05) is 18.2 Å². The molecule has 0 bridgehead atoms. The van der Waals surface area contributed by atoms with Crippen LogP contribution >= 0.6 is 0 Å². The van der Waals surface area contributed by atoms with Gasteiger partial charge in [-0.1, -0.05) is 18.2 Å². The van der Waals surface area contributed by atoms with Crippen LogP contribution in [-0.4, -0.2) is 36.0 Å². The Balaban J connectivity index is 1.63. The molecule has 1 N–H and O–H groups in total. The van der Waals surface area contributed by atoms with E-state index in [1.54, 1.807) is 19.1 Å². The summed E-state index contributed by atoms with van der Waals surface area (Å²) < 4.78 is 43.0. The molecule has 1 aromatic carbocycles. The largest absolute Gasteiger partial charge is 0.459 e. The standard InChI is InChI=1S/C17H17F3N2O3/c1-10(14-6-11-4-2-3-5-13(11)25-14)21-16(24)12-7-15(23)22(8-12)9-17(18,19)20/h2-6,10,12H,7-9H2,1H3,(H,21,24)/t10-,12+/m1/s1. The lowest BCUT2D eigenvalue weighted by atomic mass is 10.1. The van der Waals surface area contributed by atoms with Gasteiger partial charge in [-0.15, -0.1) is 0 Å². The zero-order chi connectivity index (χ0) is 18.2. The van der Waals surface area contributed by atoms with E-state index < -0.39 is 36.5 Å². The molecule has 2 atom stereocenters. The Morgan fingerprint density at radius 3 is 2.80 bits per heavy atom. The molecule has 2 amide bonds. The summed E-state index contributed by atoms with van der Waals surface area (Å²) in [7, 11) is 0. The SMILES string of the molecule is C[C@@H](NC(=O)[C@H]1CC(=O)N(CC(F)(F)F)C1)c1cc2ccccc2o1. The Hall–Kier alpha value is -2.51. The highest BCUT2D eigenvalue weighted by Gasteiger charge is 2.40. The summed E-state index contributed by atoms with van der Waals surface area (Å²) in [6.07, 6.45) is -4.68. The Bertz CT molecular complexity index is 767. The van der Waals surface area contributed by atoms with Crippen LogP contribution in [0.15, 0.2) is 34.7 Å². The van der Waals surface area contributed by atoms with Crippen LogP contribution in [0.25, 0.3) is 11.0 Å². The topological polar surface area (TPSA) is 62.6 Å². The number of benzene rings is 1. The van der Waals surface area contributed by atoms with Gasteiger partial charge in [0.05, 0.1) is 12.0 Å². The van der Waals surface area contributed by atoms with Gasteiger partial charge in [0.25, 0.3) is 0 Å². The summed E-state index contributed by atoms with van der Waals surface area (Å²) in [6.45, 7) is 0.172. The normalized spacial score (nSPS) is 19.4. The number of halogens is 3. The number of nitrogens with one attached hydrogen (secondary N) is 1. The van der Waals surface area contributed by atoms with Crippen LogP contribution in [0.5, 0.6) is 0 Å². The number of nitrogens with zero attached hydrogens (tertiary/aromatic N) is 1. The molecule has 0 radical (unpaired) electrons. The first-order valence-electron chi connectivity index (χ1n) is 7.86. The van der Waals surface area contributed by atoms with Gasteiger partial charge in [-0.3, -0.25) is 9.59 Å². The van der Waals surface area contributed by atoms with E-state index in [4.69, 9.17) is 4.42 Å². The fraction of sp³-hybridized carbons (Fsp3) is 0.412. The summed E-state index contributed by atoms with van der Waals surface area (Å²) in [5.41, 5.74) is 0.686.